The third-order valence-electron chi connectivity index (χ3n) is 2.74. The zero-order valence-corrected chi connectivity index (χ0v) is 12.0. The fourth-order valence-corrected chi connectivity index (χ4v) is 2.59. The first-order valence-corrected chi connectivity index (χ1v) is 7.44. The van der Waals surface area contributed by atoms with Crippen LogP contribution in [0.4, 0.5) is 5.82 Å². The number of sulfonamides is 1. The number of hydrogen-bond donors (Lipinski definition) is 3. The molecule has 0 fully saturated rings. The van der Waals surface area contributed by atoms with Gasteiger partial charge in [0.15, 0.2) is 5.84 Å². The summed E-state index contributed by atoms with van der Waals surface area (Å²) in [7, 11) is -3.69. The first-order valence-electron chi connectivity index (χ1n) is 5.96. The fraction of sp³-hybridized carbons (Fsp3) is 0.0769. The van der Waals surface area contributed by atoms with E-state index < -0.39 is 10.0 Å². The van der Waals surface area contributed by atoms with E-state index >= 15 is 0 Å². The van der Waals surface area contributed by atoms with Gasteiger partial charge in [0.25, 0.3) is 10.0 Å². The third kappa shape index (κ3) is 3.48. The minimum atomic E-state index is -3.69. The molecule has 0 bridgehead atoms. The maximum Gasteiger partial charge on any atom is 0.263 e. The summed E-state index contributed by atoms with van der Waals surface area (Å²) in [6.45, 7) is 1.87. The van der Waals surface area contributed by atoms with E-state index in [9.17, 15) is 8.42 Å². The number of nitrogens with zero attached hydrogens (tertiary/aromatic N) is 2. The highest BCUT2D eigenvalue weighted by molar-refractivity contribution is 7.92. The molecular formula is C13H14N4O3S. The summed E-state index contributed by atoms with van der Waals surface area (Å²) in [5.74, 6) is 0.0421. The number of hydrogen-bond acceptors (Lipinski definition) is 5. The van der Waals surface area contributed by atoms with Gasteiger partial charge in [-0.2, -0.15) is 0 Å². The first kappa shape index (κ1) is 14.8. The van der Waals surface area contributed by atoms with Crippen molar-refractivity contribution in [1.29, 1.82) is 0 Å². The Morgan fingerprint density at radius 2 is 1.90 bits per heavy atom. The molecule has 1 aromatic heterocycles. The predicted octanol–water partition coefficient (Wildman–Crippen LogP) is 1.29. The monoisotopic (exact) mass is 306 g/mol. The van der Waals surface area contributed by atoms with Crippen LogP contribution in [0.5, 0.6) is 0 Å². The van der Waals surface area contributed by atoms with Gasteiger partial charge in [0.05, 0.1) is 4.90 Å². The standard InChI is InChI=1S/C13H14N4O3S/c1-9-2-5-11(6-3-9)21(19,20)17-12-7-4-10(8-15-12)13(14)16-18/h2-8,18H,1H3,(H2,14,16)(H,15,17). The second kappa shape index (κ2) is 5.80. The highest BCUT2D eigenvalue weighted by Gasteiger charge is 2.14. The van der Waals surface area contributed by atoms with Crippen LogP contribution < -0.4 is 10.5 Å². The molecule has 0 aliphatic rings. The number of aromatic nitrogens is 1. The summed E-state index contributed by atoms with van der Waals surface area (Å²) in [6, 6.07) is 9.38. The van der Waals surface area contributed by atoms with E-state index in [0.29, 0.717) is 5.56 Å². The number of nitrogens with two attached hydrogens (primary N) is 1. The maximum absolute atomic E-state index is 12.1. The molecule has 8 heteroatoms. The summed E-state index contributed by atoms with van der Waals surface area (Å²) >= 11 is 0. The first-order chi connectivity index (χ1) is 9.92. The van der Waals surface area contributed by atoms with Crippen molar-refractivity contribution in [1.82, 2.24) is 4.98 Å². The summed E-state index contributed by atoms with van der Waals surface area (Å²) in [5, 5.41) is 11.4. The Kier molecular flexibility index (Phi) is 4.08. The van der Waals surface area contributed by atoms with Gasteiger partial charge in [-0.3, -0.25) is 4.72 Å². The number of rotatable bonds is 4. The van der Waals surface area contributed by atoms with Crippen molar-refractivity contribution in [3.05, 3.63) is 53.7 Å². The van der Waals surface area contributed by atoms with Crippen LogP contribution in [0.15, 0.2) is 52.6 Å². The number of benzene rings is 1. The lowest BCUT2D eigenvalue weighted by molar-refractivity contribution is 0.318. The van der Waals surface area contributed by atoms with E-state index in [4.69, 9.17) is 10.9 Å². The molecule has 0 radical (unpaired) electrons. The Bertz CT molecular complexity index is 753. The third-order valence-corrected chi connectivity index (χ3v) is 4.11. The molecule has 0 aliphatic carbocycles. The van der Waals surface area contributed by atoms with Crippen molar-refractivity contribution in [2.45, 2.75) is 11.8 Å². The summed E-state index contributed by atoms with van der Waals surface area (Å²) in [5.41, 5.74) is 6.75. The number of aryl methyl sites for hydroxylation is 1. The smallest absolute Gasteiger partial charge is 0.263 e. The lowest BCUT2D eigenvalue weighted by atomic mass is 10.2. The Balaban J connectivity index is 2.23. The van der Waals surface area contributed by atoms with Gasteiger partial charge < -0.3 is 10.9 Å². The van der Waals surface area contributed by atoms with Crippen LogP contribution in [-0.2, 0) is 10.0 Å². The Morgan fingerprint density at radius 1 is 1.24 bits per heavy atom. The van der Waals surface area contributed by atoms with E-state index in [1.807, 2.05) is 6.92 Å². The molecule has 0 saturated heterocycles. The topological polar surface area (TPSA) is 118 Å². The number of anilines is 1. The summed E-state index contributed by atoms with van der Waals surface area (Å²) in [6.07, 6.45) is 1.31. The largest absolute Gasteiger partial charge is 0.409 e. The Labute approximate surface area is 122 Å². The minimum Gasteiger partial charge on any atom is -0.409 e. The van der Waals surface area contributed by atoms with Crippen molar-refractivity contribution >= 4 is 21.7 Å². The highest BCUT2D eigenvalue weighted by atomic mass is 32.2. The fourth-order valence-electron chi connectivity index (χ4n) is 1.58. The van der Waals surface area contributed by atoms with Crippen molar-refractivity contribution in [3.8, 4) is 0 Å². The number of oxime groups is 1. The van der Waals surface area contributed by atoms with Gasteiger partial charge in [-0.05, 0) is 31.2 Å². The zero-order chi connectivity index (χ0) is 15.5. The van der Waals surface area contributed by atoms with E-state index in [-0.39, 0.29) is 16.5 Å². The molecular weight excluding hydrogens is 292 g/mol. The lowest BCUT2D eigenvalue weighted by Crippen LogP contribution is -2.16. The predicted molar refractivity (Wildman–Crippen MR) is 78.7 cm³/mol. The summed E-state index contributed by atoms with van der Waals surface area (Å²) < 4.78 is 26.7. The molecule has 110 valence electrons. The van der Waals surface area contributed by atoms with Gasteiger partial charge in [-0.1, -0.05) is 22.9 Å². The quantitative estimate of drug-likeness (QED) is 0.340. The zero-order valence-electron chi connectivity index (χ0n) is 11.2. The van der Waals surface area contributed by atoms with Crippen LogP contribution in [0.3, 0.4) is 0 Å². The molecule has 0 spiro atoms. The van der Waals surface area contributed by atoms with Crippen LogP contribution in [0.1, 0.15) is 11.1 Å². The van der Waals surface area contributed by atoms with Gasteiger partial charge in [0.2, 0.25) is 0 Å². The molecule has 0 amide bonds. The molecule has 4 N–H and O–H groups in total. The van der Waals surface area contributed by atoms with E-state index in [0.717, 1.165) is 5.56 Å². The van der Waals surface area contributed by atoms with Gasteiger partial charge in [-0.15, -0.1) is 0 Å². The molecule has 2 aromatic rings. The molecule has 1 heterocycles. The molecule has 1 aromatic carbocycles. The Hall–Kier alpha value is -2.61. The second-order valence-corrected chi connectivity index (χ2v) is 6.02. The van der Waals surface area contributed by atoms with Gasteiger partial charge >= 0.3 is 0 Å². The van der Waals surface area contributed by atoms with Crippen molar-refractivity contribution < 1.29 is 13.6 Å². The van der Waals surface area contributed by atoms with Crippen LogP contribution in [0.25, 0.3) is 0 Å². The van der Waals surface area contributed by atoms with Gasteiger partial charge in [0, 0.05) is 11.8 Å². The molecule has 0 aliphatic heterocycles. The molecule has 0 atom stereocenters. The van der Waals surface area contributed by atoms with Crippen molar-refractivity contribution in [3.63, 3.8) is 0 Å². The van der Waals surface area contributed by atoms with Crippen LogP contribution in [0.2, 0.25) is 0 Å². The van der Waals surface area contributed by atoms with E-state index in [2.05, 4.69) is 14.9 Å². The summed E-state index contributed by atoms with van der Waals surface area (Å²) in [4.78, 5) is 4.06. The van der Waals surface area contributed by atoms with E-state index in [1.165, 1.54) is 30.5 Å². The molecule has 0 saturated carbocycles. The van der Waals surface area contributed by atoms with Crippen LogP contribution in [0, 0.1) is 6.92 Å². The SMILES string of the molecule is Cc1ccc(S(=O)(=O)Nc2ccc(C(N)=NO)cn2)cc1. The molecule has 7 nitrogen and oxygen atoms in total. The van der Waals surface area contributed by atoms with Crippen molar-refractivity contribution in [2.24, 2.45) is 10.9 Å². The highest BCUT2D eigenvalue weighted by Crippen LogP contribution is 2.15. The minimum absolute atomic E-state index is 0.101. The number of pyridine rings is 1. The van der Waals surface area contributed by atoms with Gasteiger partial charge in [-0.25, -0.2) is 13.4 Å². The second-order valence-electron chi connectivity index (χ2n) is 4.34. The van der Waals surface area contributed by atoms with Crippen LogP contribution in [-0.4, -0.2) is 24.4 Å². The van der Waals surface area contributed by atoms with Crippen LogP contribution >= 0.6 is 0 Å². The molecule has 21 heavy (non-hydrogen) atoms. The van der Waals surface area contributed by atoms with Gasteiger partial charge in [0.1, 0.15) is 5.82 Å². The lowest BCUT2D eigenvalue weighted by Gasteiger charge is -2.08. The van der Waals surface area contributed by atoms with Crippen molar-refractivity contribution in [2.75, 3.05) is 4.72 Å². The molecule has 0 unspecified atom stereocenters. The average molecular weight is 306 g/mol. The molecule has 2 rings (SSSR count). The number of amidine groups is 1. The average Bonchev–Trinajstić information content (AvgIpc) is 2.47. The number of nitrogens with one attached hydrogen (secondary N) is 1. The Morgan fingerprint density at radius 3 is 2.43 bits per heavy atom. The van der Waals surface area contributed by atoms with E-state index in [1.54, 1.807) is 12.1 Å². The normalized spacial score (nSPS) is 12.1. The maximum atomic E-state index is 12.1.